The molecule has 0 aliphatic heterocycles. The summed E-state index contributed by atoms with van der Waals surface area (Å²) < 4.78 is 31.8. The highest BCUT2D eigenvalue weighted by Crippen LogP contribution is 2.28. The molecule has 0 unspecified atom stereocenters. The third-order valence-electron chi connectivity index (χ3n) is 5.48. The summed E-state index contributed by atoms with van der Waals surface area (Å²) >= 11 is 7.61. The lowest BCUT2D eigenvalue weighted by Crippen LogP contribution is -2.15. The highest BCUT2D eigenvalue weighted by Gasteiger charge is 2.20. The Bertz CT molecular complexity index is 1540. The second kappa shape index (κ2) is 10.9. The lowest BCUT2D eigenvalue weighted by atomic mass is 9.96. The standard InChI is InChI=1S/C27H19ClF2N2O4S/c1-14-3-4-15(26(34)32-24-13-37-12-20(24)27(35)36-2)9-19(14)25(33)18-7-6-17(11-21(18)28)31-23-8-5-16(29)10-22(23)30/h3-13,31H,1-2H3,(H,32,34). The van der Waals surface area contributed by atoms with Crippen molar-refractivity contribution in [2.45, 2.75) is 6.92 Å². The minimum Gasteiger partial charge on any atom is -0.465 e. The Labute approximate surface area is 219 Å². The van der Waals surface area contributed by atoms with Crippen LogP contribution in [0.5, 0.6) is 0 Å². The number of amides is 1. The zero-order chi connectivity index (χ0) is 26.7. The zero-order valence-electron chi connectivity index (χ0n) is 19.5. The van der Waals surface area contributed by atoms with Crippen molar-refractivity contribution in [2.24, 2.45) is 0 Å². The van der Waals surface area contributed by atoms with Gasteiger partial charge in [0.25, 0.3) is 5.91 Å². The van der Waals surface area contributed by atoms with Gasteiger partial charge in [-0.25, -0.2) is 13.6 Å². The maximum absolute atomic E-state index is 14.0. The fraction of sp³-hybridized carbons (Fsp3) is 0.0741. The van der Waals surface area contributed by atoms with Crippen molar-refractivity contribution in [1.29, 1.82) is 0 Å². The van der Waals surface area contributed by atoms with E-state index in [0.29, 0.717) is 16.9 Å². The molecule has 0 atom stereocenters. The minimum atomic E-state index is -0.775. The monoisotopic (exact) mass is 540 g/mol. The highest BCUT2D eigenvalue weighted by atomic mass is 35.5. The predicted molar refractivity (Wildman–Crippen MR) is 139 cm³/mol. The van der Waals surface area contributed by atoms with Gasteiger partial charge in [0, 0.05) is 39.2 Å². The van der Waals surface area contributed by atoms with E-state index >= 15 is 0 Å². The molecule has 0 fully saturated rings. The molecule has 0 spiro atoms. The van der Waals surface area contributed by atoms with E-state index in [9.17, 15) is 23.2 Å². The molecule has 0 saturated carbocycles. The van der Waals surface area contributed by atoms with Crippen LogP contribution in [0, 0.1) is 18.6 Å². The molecule has 1 amide bonds. The van der Waals surface area contributed by atoms with Gasteiger partial charge in [0.2, 0.25) is 0 Å². The summed E-state index contributed by atoms with van der Waals surface area (Å²) in [7, 11) is 1.25. The highest BCUT2D eigenvalue weighted by molar-refractivity contribution is 7.08. The number of ether oxygens (including phenoxy) is 1. The van der Waals surface area contributed by atoms with Gasteiger partial charge >= 0.3 is 5.97 Å². The van der Waals surface area contributed by atoms with Crippen LogP contribution in [-0.4, -0.2) is 24.8 Å². The molecule has 1 aromatic heterocycles. The van der Waals surface area contributed by atoms with Crippen molar-refractivity contribution < 1.29 is 27.9 Å². The van der Waals surface area contributed by atoms with E-state index in [1.807, 2.05) is 0 Å². The molecule has 10 heteroatoms. The van der Waals surface area contributed by atoms with Crippen molar-refractivity contribution in [3.8, 4) is 0 Å². The molecule has 6 nitrogen and oxygen atoms in total. The second-order valence-electron chi connectivity index (χ2n) is 7.95. The van der Waals surface area contributed by atoms with Gasteiger partial charge < -0.3 is 15.4 Å². The Morgan fingerprint density at radius 2 is 1.68 bits per heavy atom. The zero-order valence-corrected chi connectivity index (χ0v) is 21.1. The number of hydrogen-bond acceptors (Lipinski definition) is 6. The third-order valence-corrected chi connectivity index (χ3v) is 6.54. The van der Waals surface area contributed by atoms with Gasteiger partial charge in [-0.3, -0.25) is 9.59 Å². The number of methoxy groups -OCH3 is 1. The van der Waals surface area contributed by atoms with Crippen molar-refractivity contribution >= 4 is 57.7 Å². The van der Waals surface area contributed by atoms with E-state index in [-0.39, 0.29) is 33.0 Å². The number of nitrogens with one attached hydrogen (secondary N) is 2. The van der Waals surface area contributed by atoms with E-state index in [2.05, 4.69) is 10.6 Å². The third kappa shape index (κ3) is 5.68. The SMILES string of the molecule is COC(=O)c1cscc1NC(=O)c1ccc(C)c(C(=O)c2ccc(Nc3ccc(F)cc3F)cc2Cl)c1. The summed E-state index contributed by atoms with van der Waals surface area (Å²) in [5, 5.41) is 8.74. The van der Waals surface area contributed by atoms with Gasteiger partial charge in [-0.1, -0.05) is 17.7 Å². The smallest absolute Gasteiger partial charge is 0.340 e. The summed E-state index contributed by atoms with van der Waals surface area (Å²) in [6.07, 6.45) is 0. The van der Waals surface area contributed by atoms with E-state index in [1.54, 1.807) is 35.9 Å². The first kappa shape index (κ1) is 26.0. The molecule has 2 N–H and O–H groups in total. The molecule has 0 radical (unpaired) electrons. The molecule has 37 heavy (non-hydrogen) atoms. The average molecular weight is 541 g/mol. The number of carbonyl (C=O) groups is 3. The van der Waals surface area contributed by atoms with Crippen LogP contribution in [0.3, 0.4) is 0 Å². The summed E-state index contributed by atoms with van der Waals surface area (Å²) in [5.74, 6) is -2.98. The fourth-order valence-electron chi connectivity index (χ4n) is 3.53. The first-order chi connectivity index (χ1) is 17.7. The largest absolute Gasteiger partial charge is 0.465 e. The molecule has 4 aromatic rings. The second-order valence-corrected chi connectivity index (χ2v) is 9.10. The lowest BCUT2D eigenvalue weighted by molar-refractivity contribution is 0.0602. The quantitative estimate of drug-likeness (QED) is 0.195. The fourth-order valence-corrected chi connectivity index (χ4v) is 4.55. The molecule has 3 aromatic carbocycles. The number of esters is 1. The Morgan fingerprint density at radius 3 is 2.38 bits per heavy atom. The number of rotatable bonds is 7. The van der Waals surface area contributed by atoms with Gasteiger partial charge in [0.05, 0.1) is 29.1 Å². The number of thiophene rings is 1. The number of aryl methyl sites for hydroxylation is 1. The lowest BCUT2D eigenvalue weighted by Gasteiger charge is -2.12. The van der Waals surface area contributed by atoms with E-state index in [0.717, 1.165) is 12.1 Å². The van der Waals surface area contributed by atoms with Crippen molar-refractivity contribution in [3.63, 3.8) is 0 Å². The van der Waals surface area contributed by atoms with Crippen molar-refractivity contribution in [3.05, 3.63) is 110 Å². The number of benzene rings is 3. The van der Waals surface area contributed by atoms with Crippen LogP contribution in [0.15, 0.2) is 65.4 Å². The van der Waals surface area contributed by atoms with Crippen molar-refractivity contribution in [1.82, 2.24) is 0 Å². The molecule has 4 rings (SSSR count). The van der Waals surface area contributed by atoms with Crippen LogP contribution in [0.1, 0.15) is 42.2 Å². The summed E-state index contributed by atoms with van der Waals surface area (Å²) in [6, 6.07) is 12.3. The topological polar surface area (TPSA) is 84.5 Å². The average Bonchev–Trinajstić information content (AvgIpc) is 3.33. The van der Waals surface area contributed by atoms with Crippen LogP contribution in [0.4, 0.5) is 25.8 Å². The molecule has 0 aliphatic rings. The number of carbonyl (C=O) groups excluding carboxylic acids is 3. The molecule has 1 heterocycles. The molecule has 0 bridgehead atoms. The van der Waals surface area contributed by atoms with E-state index in [1.165, 1.54) is 42.7 Å². The van der Waals surface area contributed by atoms with Crippen LogP contribution in [-0.2, 0) is 4.74 Å². The number of anilines is 3. The Kier molecular flexibility index (Phi) is 7.66. The summed E-state index contributed by atoms with van der Waals surface area (Å²) in [4.78, 5) is 38.1. The number of halogens is 3. The normalized spacial score (nSPS) is 10.6. The van der Waals surface area contributed by atoms with Crippen LogP contribution in [0.2, 0.25) is 5.02 Å². The Hall–Kier alpha value is -4.08. The first-order valence-corrected chi connectivity index (χ1v) is 12.1. The van der Waals surface area contributed by atoms with E-state index in [4.69, 9.17) is 16.3 Å². The van der Waals surface area contributed by atoms with Crippen LogP contribution >= 0.6 is 22.9 Å². The molecule has 188 valence electrons. The number of hydrogen-bond donors (Lipinski definition) is 2. The summed E-state index contributed by atoms with van der Waals surface area (Å²) in [5.41, 5.74) is 2.25. The van der Waals surface area contributed by atoms with Gasteiger partial charge in [-0.15, -0.1) is 11.3 Å². The molecule has 0 saturated heterocycles. The minimum absolute atomic E-state index is 0.0482. The van der Waals surface area contributed by atoms with Gasteiger partial charge in [-0.05, 0) is 55.0 Å². The Balaban J connectivity index is 1.57. The van der Waals surface area contributed by atoms with E-state index < -0.39 is 29.3 Å². The van der Waals surface area contributed by atoms with Crippen molar-refractivity contribution in [2.75, 3.05) is 17.7 Å². The molecular weight excluding hydrogens is 522 g/mol. The maximum atomic E-state index is 14.0. The number of ketones is 1. The molecular formula is C27H19ClF2N2O4S. The van der Waals surface area contributed by atoms with Gasteiger partial charge in [0.15, 0.2) is 5.78 Å². The predicted octanol–water partition coefficient (Wildman–Crippen LogP) is 7.00. The first-order valence-electron chi connectivity index (χ1n) is 10.8. The van der Waals surface area contributed by atoms with Gasteiger partial charge in [0.1, 0.15) is 11.6 Å². The maximum Gasteiger partial charge on any atom is 0.340 e. The van der Waals surface area contributed by atoms with Gasteiger partial charge in [-0.2, -0.15) is 0 Å². The van der Waals surface area contributed by atoms with Crippen LogP contribution < -0.4 is 10.6 Å². The molecule has 0 aliphatic carbocycles. The summed E-state index contributed by atoms with van der Waals surface area (Å²) in [6.45, 7) is 1.73. The Morgan fingerprint density at radius 1 is 0.892 bits per heavy atom. The van der Waals surface area contributed by atoms with Crippen LogP contribution in [0.25, 0.3) is 0 Å².